The largest absolute Gasteiger partial charge is 0.545 e. The summed E-state index contributed by atoms with van der Waals surface area (Å²) in [5.74, 6) is -0.806. The van der Waals surface area contributed by atoms with Gasteiger partial charge in [0.2, 0.25) is 0 Å². The van der Waals surface area contributed by atoms with Crippen molar-refractivity contribution in [3.63, 3.8) is 0 Å². The van der Waals surface area contributed by atoms with Gasteiger partial charge in [-0.1, -0.05) is 50.2 Å². The molecular formula is C20H21N2O4-. The molecule has 0 aromatic heterocycles. The number of carbonyl (C=O) groups excluding carboxylic acids is 2. The number of rotatable bonds is 7. The third-order valence-corrected chi connectivity index (χ3v) is 3.72. The van der Waals surface area contributed by atoms with Crippen LogP contribution in [0.2, 0.25) is 0 Å². The number of carboxylic acids is 1. The van der Waals surface area contributed by atoms with Crippen molar-refractivity contribution in [2.45, 2.75) is 26.7 Å². The molecule has 2 aromatic rings. The van der Waals surface area contributed by atoms with Gasteiger partial charge < -0.3 is 14.6 Å². The normalized spacial score (nSPS) is 10.9. The van der Waals surface area contributed by atoms with Gasteiger partial charge in [0.05, 0.1) is 12.2 Å². The minimum absolute atomic E-state index is 0.00286. The van der Waals surface area contributed by atoms with Crippen molar-refractivity contribution in [3.8, 4) is 5.75 Å². The molecule has 6 heteroatoms. The first-order valence-corrected chi connectivity index (χ1v) is 8.24. The number of nitrogens with zero attached hydrogens (tertiary/aromatic N) is 1. The fourth-order valence-corrected chi connectivity index (χ4v) is 2.39. The average molecular weight is 353 g/mol. The molecule has 0 spiro atoms. The highest BCUT2D eigenvalue weighted by molar-refractivity contribution is 5.97. The minimum atomic E-state index is -1.30. The molecule has 0 saturated carbocycles. The van der Waals surface area contributed by atoms with Crippen molar-refractivity contribution in [2.75, 3.05) is 6.61 Å². The van der Waals surface area contributed by atoms with Crippen LogP contribution in [0.5, 0.6) is 5.75 Å². The van der Waals surface area contributed by atoms with Crippen LogP contribution in [0.4, 0.5) is 0 Å². The number of carbonyl (C=O) groups is 2. The van der Waals surface area contributed by atoms with E-state index >= 15 is 0 Å². The Labute approximate surface area is 152 Å². The number of aryl methyl sites for hydroxylation is 1. The summed E-state index contributed by atoms with van der Waals surface area (Å²) in [6.45, 7) is 5.87. The minimum Gasteiger partial charge on any atom is -0.545 e. The fraction of sp³-hybridized carbons (Fsp3) is 0.250. The molecule has 0 fully saturated rings. The van der Waals surface area contributed by atoms with Crippen molar-refractivity contribution in [2.24, 2.45) is 5.10 Å². The summed E-state index contributed by atoms with van der Waals surface area (Å²) in [4.78, 5) is 22.9. The molecule has 0 bridgehead atoms. The highest BCUT2D eigenvalue weighted by Gasteiger charge is 2.10. The van der Waals surface area contributed by atoms with E-state index < -0.39 is 11.9 Å². The smallest absolute Gasteiger partial charge is 0.277 e. The van der Waals surface area contributed by atoms with Gasteiger partial charge in [0, 0.05) is 11.1 Å². The van der Waals surface area contributed by atoms with Crippen LogP contribution >= 0.6 is 0 Å². The lowest BCUT2D eigenvalue weighted by atomic mass is 10.0. The Kier molecular flexibility index (Phi) is 6.49. The van der Waals surface area contributed by atoms with E-state index in [0.717, 1.165) is 11.1 Å². The van der Waals surface area contributed by atoms with Gasteiger partial charge in [0.15, 0.2) is 6.61 Å². The molecule has 136 valence electrons. The summed E-state index contributed by atoms with van der Waals surface area (Å²) in [5, 5.41) is 14.8. The Hall–Kier alpha value is -3.15. The van der Waals surface area contributed by atoms with Crippen molar-refractivity contribution < 1.29 is 19.4 Å². The van der Waals surface area contributed by atoms with E-state index in [9.17, 15) is 14.7 Å². The Bertz CT molecular complexity index is 828. The first-order chi connectivity index (χ1) is 12.4. The van der Waals surface area contributed by atoms with Crippen LogP contribution in [0.3, 0.4) is 0 Å². The van der Waals surface area contributed by atoms with Crippen LogP contribution in [0.25, 0.3) is 0 Å². The Morgan fingerprint density at radius 2 is 1.96 bits per heavy atom. The molecule has 0 aliphatic rings. The van der Waals surface area contributed by atoms with Crippen LogP contribution in [-0.2, 0) is 4.79 Å². The van der Waals surface area contributed by atoms with E-state index in [1.165, 1.54) is 12.3 Å². The summed E-state index contributed by atoms with van der Waals surface area (Å²) in [7, 11) is 0. The van der Waals surface area contributed by atoms with E-state index in [-0.39, 0.29) is 18.1 Å². The van der Waals surface area contributed by atoms with E-state index in [0.29, 0.717) is 11.3 Å². The maximum Gasteiger partial charge on any atom is 0.277 e. The zero-order chi connectivity index (χ0) is 19.1. The molecule has 0 saturated heterocycles. The average Bonchev–Trinajstić information content (AvgIpc) is 2.60. The van der Waals surface area contributed by atoms with E-state index in [2.05, 4.69) is 24.4 Å². The van der Waals surface area contributed by atoms with Crippen LogP contribution in [0.1, 0.15) is 46.8 Å². The van der Waals surface area contributed by atoms with E-state index in [1.807, 2.05) is 25.1 Å². The number of hydrogen-bond donors (Lipinski definition) is 1. The van der Waals surface area contributed by atoms with Gasteiger partial charge in [0.25, 0.3) is 5.91 Å². The SMILES string of the molecule is Cc1ccc(C(C)C)c(OCC(=O)N/N=C\c2ccccc2C(=O)[O-])c1. The summed E-state index contributed by atoms with van der Waals surface area (Å²) in [5.41, 5.74) is 4.73. The summed E-state index contributed by atoms with van der Waals surface area (Å²) in [6.07, 6.45) is 1.26. The second-order valence-electron chi connectivity index (χ2n) is 6.15. The first kappa shape index (κ1) is 19.2. The van der Waals surface area contributed by atoms with Crippen molar-refractivity contribution in [3.05, 3.63) is 64.7 Å². The molecule has 26 heavy (non-hydrogen) atoms. The zero-order valence-electron chi connectivity index (χ0n) is 15.0. The standard InChI is InChI=1S/C20H22N2O4/c1-13(2)16-9-8-14(3)10-18(16)26-12-19(23)22-21-11-15-6-4-5-7-17(15)20(24)25/h4-11,13H,12H2,1-3H3,(H,22,23)(H,24,25)/p-1/b21-11-. The van der Waals surface area contributed by atoms with Gasteiger partial charge >= 0.3 is 0 Å². The molecule has 0 heterocycles. The third-order valence-electron chi connectivity index (χ3n) is 3.72. The predicted molar refractivity (Wildman–Crippen MR) is 97.3 cm³/mol. The van der Waals surface area contributed by atoms with Gasteiger partial charge in [-0.15, -0.1) is 0 Å². The molecule has 1 amide bonds. The van der Waals surface area contributed by atoms with E-state index in [1.54, 1.807) is 18.2 Å². The van der Waals surface area contributed by atoms with Crippen molar-refractivity contribution >= 4 is 18.1 Å². The summed E-state index contributed by atoms with van der Waals surface area (Å²) < 4.78 is 5.62. The topological polar surface area (TPSA) is 90.8 Å². The molecule has 2 aromatic carbocycles. The highest BCUT2D eigenvalue weighted by Crippen LogP contribution is 2.27. The van der Waals surface area contributed by atoms with Gasteiger partial charge in [-0.25, -0.2) is 5.43 Å². The van der Waals surface area contributed by atoms with Crippen LogP contribution in [0, 0.1) is 6.92 Å². The second-order valence-corrected chi connectivity index (χ2v) is 6.15. The van der Waals surface area contributed by atoms with Gasteiger partial charge in [-0.05, 0) is 30.0 Å². The molecule has 2 rings (SSSR count). The predicted octanol–water partition coefficient (Wildman–Crippen LogP) is 2.01. The monoisotopic (exact) mass is 353 g/mol. The number of aromatic carboxylic acids is 1. The first-order valence-electron chi connectivity index (χ1n) is 8.24. The third kappa shape index (κ3) is 5.17. The maximum absolute atomic E-state index is 11.9. The molecule has 0 atom stereocenters. The number of ether oxygens (including phenoxy) is 1. The lowest BCUT2D eigenvalue weighted by Crippen LogP contribution is -2.26. The Balaban J connectivity index is 1.96. The highest BCUT2D eigenvalue weighted by atomic mass is 16.5. The van der Waals surface area contributed by atoms with Gasteiger partial charge in [-0.2, -0.15) is 5.10 Å². The van der Waals surface area contributed by atoms with Crippen molar-refractivity contribution in [1.82, 2.24) is 5.43 Å². The molecule has 0 unspecified atom stereocenters. The van der Waals surface area contributed by atoms with Crippen molar-refractivity contribution in [1.29, 1.82) is 0 Å². The molecule has 0 aliphatic heterocycles. The second kappa shape index (κ2) is 8.80. The van der Waals surface area contributed by atoms with Crippen LogP contribution < -0.4 is 15.3 Å². The molecule has 1 N–H and O–H groups in total. The lowest BCUT2D eigenvalue weighted by Gasteiger charge is -2.14. The van der Waals surface area contributed by atoms with E-state index in [4.69, 9.17) is 4.74 Å². The zero-order valence-corrected chi connectivity index (χ0v) is 15.0. The number of hydrazone groups is 1. The van der Waals surface area contributed by atoms with Crippen LogP contribution in [-0.4, -0.2) is 24.7 Å². The number of hydrogen-bond acceptors (Lipinski definition) is 5. The molecule has 0 aliphatic carbocycles. The maximum atomic E-state index is 11.9. The van der Waals surface area contributed by atoms with Gasteiger partial charge in [-0.3, -0.25) is 4.79 Å². The quantitative estimate of drug-likeness (QED) is 0.609. The molecule has 6 nitrogen and oxygen atoms in total. The summed E-state index contributed by atoms with van der Waals surface area (Å²) >= 11 is 0. The number of nitrogens with one attached hydrogen (secondary N) is 1. The number of carboxylic acid groups (broad SMARTS) is 1. The lowest BCUT2D eigenvalue weighted by molar-refractivity contribution is -0.255. The number of benzene rings is 2. The Morgan fingerprint density at radius 3 is 2.65 bits per heavy atom. The Morgan fingerprint density at radius 1 is 1.23 bits per heavy atom. The molecule has 0 radical (unpaired) electrons. The fourth-order valence-electron chi connectivity index (χ4n) is 2.39. The van der Waals surface area contributed by atoms with Gasteiger partial charge in [0.1, 0.15) is 5.75 Å². The summed E-state index contributed by atoms with van der Waals surface area (Å²) in [6, 6.07) is 12.1. The number of amides is 1. The van der Waals surface area contributed by atoms with Crippen LogP contribution in [0.15, 0.2) is 47.6 Å². The molecular weight excluding hydrogens is 332 g/mol.